The average molecular weight is 547 g/mol. The lowest BCUT2D eigenvalue weighted by Gasteiger charge is -2.30. The zero-order valence-electron chi connectivity index (χ0n) is 23.2. The molecule has 0 fully saturated rings. The van der Waals surface area contributed by atoms with Crippen molar-refractivity contribution in [2.75, 3.05) is 53.7 Å². The molecule has 0 spiro atoms. The van der Waals surface area contributed by atoms with Gasteiger partial charge in [0.2, 0.25) is 0 Å². The minimum Gasteiger partial charge on any atom is -0.488 e. The van der Waals surface area contributed by atoms with E-state index in [1.54, 1.807) is 12.1 Å². The number of amides is 2. The van der Waals surface area contributed by atoms with Crippen LogP contribution in [0.25, 0.3) is 0 Å². The number of ether oxygens (including phenoxy) is 4. The molecule has 12 nitrogen and oxygen atoms in total. The number of hydrogen-bond acceptors (Lipinski definition) is 10. The fourth-order valence-corrected chi connectivity index (χ4v) is 3.47. The average Bonchev–Trinajstić information content (AvgIpc) is 2.81. The van der Waals surface area contributed by atoms with Crippen molar-refractivity contribution in [3.05, 3.63) is 24.3 Å². The van der Waals surface area contributed by atoms with Crippen molar-refractivity contribution < 1.29 is 28.5 Å². The molecular formula is C27H42N6O6. The van der Waals surface area contributed by atoms with E-state index >= 15 is 0 Å². The molecule has 0 radical (unpaired) electrons. The molecule has 2 aliphatic rings. The SMILES string of the molecule is C.CC(C)(C)OC(=O)N1CCOc2ccc(N)nc21.CCNc1ccc2c(n1)N(C(=O)OC(C)(C)C)CCO2. The summed E-state index contributed by atoms with van der Waals surface area (Å²) in [6.07, 6.45) is -0.839. The Labute approximate surface area is 230 Å². The highest BCUT2D eigenvalue weighted by Gasteiger charge is 2.30. The molecule has 0 aliphatic carbocycles. The first-order chi connectivity index (χ1) is 17.8. The van der Waals surface area contributed by atoms with Crippen LogP contribution in [-0.4, -0.2) is 66.2 Å². The van der Waals surface area contributed by atoms with E-state index in [1.165, 1.54) is 9.80 Å². The van der Waals surface area contributed by atoms with Gasteiger partial charge in [0.1, 0.15) is 36.1 Å². The number of pyridine rings is 2. The molecule has 2 aromatic rings. The second kappa shape index (κ2) is 12.7. The Morgan fingerprint density at radius 3 is 1.79 bits per heavy atom. The molecule has 3 N–H and O–H groups in total. The number of anilines is 4. The molecule has 0 unspecified atom stereocenters. The minimum atomic E-state index is -0.546. The molecule has 39 heavy (non-hydrogen) atoms. The summed E-state index contributed by atoms with van der Waals surface area (Å²) in [6.45, 7) is 15.4. The van der Waals surface area contributed by atoms with Crippen molar-refractivity contribution in [2.45, 2.75) is 67.1 Å². The van der Waals surface area contributed by atoms with Crippen LogP contribution < -0.4 is 30.3 Å². The topological polar surface area (TPSA) is 141 Å². The number of nitrogens with two attached hydrogens (primary N) is 1. The highest BCUT2D eigenvalue weighted by molar-refractivity contribution is 5.90. The number of nitrogens with one attached hydrogen (secondary N) is 1. The predicted molar refractivity (Wildman–Crippen MR) is 152 cm³/mol. The maximum absolute atomic E-state index is 12.2. The smallest absolute Gasteiger partial charge is 0.416 e. The van der Waals surface area contributed by atoms with Gasteiger partial charge in [0.05, 0.1) is 13.1 Å². The lowest BCUT2D eigenvalue weighted by molar-refractivity contribution is 0.0556. The maximum atomic E-state index is 12.2. The van der Waals surface area contributed by atoms with Crippen LogP contribution in [0.3, 0.4) is 0 Å². The monoisotopic (exact) mass is 546 g/mol. The summed E-state index contributed by atoms with van der Waals surface area (Å²) in [7, 11) is 0. The first-order valence-electron chi connectivity index (χ1n) is 12.6. The predicted octanol–water partition coefficient (Wildman–Crippen LogP) is 5.08. The van der Waals surface area contributed by atoms with Crippen molar-refractivity contribution in [3.63, 3.8) is 0 Å². The number of aromatic nitrogens is 2. The summed E-state index contributed by atoms with van der Waals surface area (Å²) in [5.74, 6) is 3.11. The zero-order chi connectivity index (χ0) is 28.1. The summed E-state index contributed by atoms with van der Waals surface area (Å²) >= 11 is 0. The third kappa shape index (κ3) is 8.79. The summed E-state index contributed by atoms with van der Waals surface area (Å²) < 4.78 is 21.7. The van der Waals surface area contributed by atoms with Gasteiger partial charge < -0.3 is 30.0 Å². The molecule has 2 amide bonds. The number of rotatable bonds is 2. The third-order valence-electron chi connectivity index (χ3n) is 4.94. The van der Waals surface area contributed by atoms with E-state index in [-0.39, 0.29) is 7.43 Å². The molecule has 0 bridgehead atoms. The first-order valence-corrected chi connectivity index (χ1v) is 12.6. The van der Waals surface area contributed by atoms with Crippen molar-refractivity contribution in [1.82, 2.24) is 9.97 Å². The van der Waals surface area contributed by atoms with Crippen molar-refractivity contribution in [3.8, 4) is 11.5 Å². The fraction of sp³-hybridized carbons (Fsp3) is 0.556. The number of carbonyl (C=O) groups is 2. The molecule has 0 saturated heterocycles. The highest BCUT2D eigenvalue weighted by atomic mass is 16.6. The van der Waals surface area contributed by atoms with Gasteiger partial charge in [-0.25, -0.2) is 19.6 Å². The Morgan fingerprint density at radius 2 is 1.33 bits per heavy atom. The Kier molecular flexibility index (Phi) is 10.2. The number of nitrogens with zero attached hydrogens (tertiary/aromatic N) is 4. The molecule has 2 aliphatic heterocycles. The third-order valence-corrected chi connectivity index (χ3v) is 4.94. The van der Waals surface area contributed by atoms with E-state index < -0.39 is 23.4 Å². The number of nitrogen functional groups attached to an aromatic ring is 1. The standard InChI is InChI=1S/C14H21N3O3.C12H17N3O3.CH4/c1-5-15-11-7-6-10-12(16-11)17(8-9-19-10)13(18)20-14(2,3)4;1-12(2,3)18-11(16)15-6-7-17-8-4-5-9(13)14-10(8)15;/h6-7H,5,8-9H2,1-4H3,(H,15,16);4-5H,6-7H2,1-3H3,(H2,13,14);1H4. The molecule has 0 saturated carbocycles. The Bertz CT molecular complexity index is 1140. The molecule has 216 valence electrons. The van der Waals surface area contributed by atoms with Gasteiger partial charge in [0.15, 0.2) is 23.1 Å². The van der Waals surface area contributed by atoms with E-state index in [4.69, 9.17) is 24.7 Å². The molecular weight excluding hydrogens is 504 g/mol. The van der Waals surface area contributed by atoms with E-state index in [0.717, 1.165) is 6.54 Å². The van der Waals surface area contributed by atoms with E-state index in [0.29, 0.717) is 61.1 Å². The molecule has 0 atom stereocenters. The first kappa shape index (κ1) is 31.3. The second-order valence-electron chi connectivity index (χ2n) is 10.6. The van der Waals surface area contributed by atoms with Crippen LogP contribution in [0, 0.1) is 0 Å². The largest absolute Gasteiger partial charge is 0.488 e. The van der Waals surface area contributed by atoms with Crippen LogP contribution in [0.2, 0.25) is 0 Å². The fourth-order valence-electron chi connectivity index (χ4n) is 3.47. The normalized spacial score (nSPS) is 14.1. The number of carbonyl (C=O) groups excluding carboxylic acids is 2. The van der Waals surface area contributed by atoms with Gasteiger partial charge in [-0.15, -0.1) is 0 Å². The Balaban J connectivity index is 0.000000268. The quantitative estimate of drug-likeness (QED) is 0.523. The van der Waals surface area contributed by atoms with Crippen molar-refractivity contribution in [1.29, 1.82) is 0 Å². The summed E-state index contributed by atoms with van der Waals surface area (Å²) in [5.41, 5.74) is 4.55. The van der Waals surface area contributed by atoms with Crippen LogP contribution in [0.4, 0.5) is 32.9 Å². The van der Waals surface area contributed by atoms with Crippen LogP contribution in [-0.2, 0) is 9.47 Å². The van der Waals surface area contributed by atoms with Crippen LogP contribution in [0.1, 0.15) is 55.9 Å². The van der Waals surface area contributed by atoms with Gasteiger partial charge in [-0.1, -0.05) is 7.43 Å². The molecule has 4 heterocycles. The van der Waals surface area contributed by atoms with Crippen LogP contribution in [0.5, 0.6) is 11.5 Å². The van der Waals surface area contributed by atoms with Gasteiger partial charge in [0, 0.05) is 6.54 Å². The Morgan fingerprint density at radius 1 is 0.872 bits per heavy atom. The van der Waals surface area contributed by atoms with Crippen LogP contribution >= 0.6 is 0 Å². The van der Waals surface area contributed by atoms with Crippen molar-refractivity contribution >= 4 is 35.5 Å². The second-order valence-corrected chi connectivity index (χ2v) is 10.6. The lowest BCUT2D eigenvalue weighted by Crippen LogP contribution is -2.42. The van der Waals surface area contributed by atoms with Gasteiger partial charge in [-0.3, -0.25) is 9.80 Å². The minimum absolute atomic E-state index is 0. The van der Waals surface area contributed by atoms with Gasteiger partial charge in [-0.2, -0.15) is 0 Å². The van der Waals surface area contributed by atoms with Crippen LogP contribution in [0.15, 0.2) is 24.3 Å². The lowest BCUT2D eigenvalue weighted by atomic mass is 10.2. The molecule has 2 aromatic heterocycles. The molecule has 0 aromatic carbocycles. The van der Waals surface area contributed by atoms with Gasteiger partial charge in [-0.05, 0) is 72.7 Å². The number of hydrogen-bond donors (Lipinski definition) is 2. The number of fused-ring (bicyclic) bond motifs is 2. The van der Waals surface area contributed by atoms with Gasteiger partial charge in [0.25, 0.3) is 0 Å². The Hall–Kier alpha value is -3.96. The summed E-state index contributed by atoms with van der Waals surface area (Å²) in [4.78, 5) is 35.8. The van der Waals surface area contributed by atoms with Crippen molar-refractivity contribution in [2.24, 2.45) is 0 Å². The summed E-state index contributed by atoms with van der Waals surface area (Å²) in [6, 6.07) is 6.99. The molecule has 12 heteroatoms. The van der Waals surface area contributed by atoms with E-state index in [2.05, 4.69) is 15.3 Å². The van der Waals surface area contributed by atoms with E-state index in [1.807, 2.05) is 60.6 Å². The highest BCUT2D eigenvalue weighted by Crippen LogP contribution is 2.32. The maximum Gasteiger partial charge on any atom is 0.416 e. The van der Waals surface area contributed by atoms with Gasteiger partial charge >= 0.3 is 12.2 Å². The van der Waals surface area contributed by atoms with E-state index in [9.17, 15) is 9.59 Å². The zero-order valence-corrected chi connectivity index (χ0v) is 23.2. The summed E-state index contributed by atoms with van der Waals surface area (Å²) in [5, 5.41) is 3.12. The molecule has 4 rings (SSSR count).